The van der Waals surface area contributed by atoms with Crippen LogP contribution >= 0.6 is 0 Å². The minimum Gasteiger partial charge on any atom is -0.338 e. The van der Waals surface area contributed by atoms with Crippen LogP contribution in [0.25, 0.3) is 0 Å². The summed E-state index contributed by atoms with van der Waals surface area (Å²) < 4.78 is 0. The van der Waals surface area contributed by atoms with Crippen LogP contribution in [0.3, 0.4) is 0 Å². The predicted molar refractivity (Wildman–Crippen MR) is 126 cm³/mol. The summed E-state index contributed by atoms with van der Waals surface area (Å²) in [4.78, 5) is 24.6. The number of hydrogen-bond donors (Lipinski definition) is 4. The van der Waals surface area contributed by atoms with Gasteiger partial charge in [0.05, 0.1) is 0 Å². The highest BCUT2D eigenvalue weighted by Crippen LogP contribution is 2.48. The van der Waals surface area contributed by atoms with Gasteiger partial charge in [0.1, 0.15) is 0 Å². The minimum absolute atomic E-state index is 0.00742. The molecule has 180 valence electrons. The zero-order chi connectivity index (χ0) is 21.9. The number of urea groups is 2. The van der Waals surface area contributed by atoms with Crippen LogP contribution in [-0.4, -0.2) is 38.2 Å². The van der Waals surface area contributed by atoms with Crippen molar-refractivity contribution in [3.63, 3.8) is 0 Å². The highest BCUT2D eigenvalue weighted by Gasteiger charge is 2.40. The molecular weight excluding hydrogens is 400 g/mol. The first-order valence-corrected chi connectivity index (χ1v) is 13.7. The first kappa shape index (κ1) is 22.3. The summed E-state index contributed by atoms with van der Waals surface area (Å²) in [5.74, 6) is 6.06. The van der Waals surface area contributed by atoms with Crippen molar-refractivity contribution in [3.05, 3.63) is 0 Å². The number of fused-ring (bicyclic) bond motifs is 4. The molecule has 0 unspecified atom stereocenters. The third-order valence-corrected chi connectivity index (χ3v) is 9.81. The molecule has 0 saturated heterocycles. The lowest BCUT2D eigenvalue weighted by atomic mass is 9.81. The van der Waals surface area contributed by atoms with Crippen LogP contribution < -0.4 is 21.3 Å². The van der Waals surface area contributed by atoms with Crippen LogP contribution in [0.5, 0.6) is 0 Å². The van der Waals surface area contributed by atoms with Gasteiger partial charge in [0, 0.05) is 26.2 Å². The predicted octanol–water partition coefficient (Wildman–Crippen LogP) is 4.26. The summed E-state index contributed by atoms with van der Waals surface area (Å²) in [5.41, 5.74) is 0. The molecule has 8 atom stereocenters. The minimum atomic E-state index is 0.00742. The zero-order valence-corrected chi connectivity index (χ0v) is 19.7. The Morgan fingerprint density at radius 2 is 1.00 bits per heavy atom. The van der Waals surface area contributed by atoms with Gasteiger partial charge in [0.2, 0.25) is 0 Å². The first-order valence-electron chi connectivity index (χ1n) is 13.7. The third kappa shape index (κ3) is 5.53. The number of carbonyl (C=O) groups is 2. The second-order valence-electron chi connectivity index (χ2n) is 12.0. The summed E-state index contributed by atoms with van der Waals surface area (Å²) in [5, 5.41) is 12.5. The molecular formula is C26H44N4O2. The van der Waals surface area contributed by atoms with Crippen molar-refractivity contribution in [2.45, 2.75) is 77.0 Å². The molecule has 5 fully saturated rings. The van der Waals surface area contributed by atoms with Gasteiger partial charge in [-0.05, 0) is 105 Å². The molecule has 4 N–H and O–H groups in total. The number of rotatable bonds is 8. The normalized spacial score (nSPS) is 39.8. The van der Waals surface area contributed by atoms with E-state index in [4.69, 9.17) is 0 Å². The van der Waals surface area contributed by atoms with E-state index in [1.807, 2.05) is 0 Å². The van der Waals surface area contributed by atoms with Gasteiger partial charge in [-0.25, -0.2) is 9.59 Å². The van der Waals surface area contributed by atoms with E-state index in [0.29, 0.717) is 23.7 Å². The van der Waals surface area contributed by atoms with Crippen LogP contribution in [0.2, 0.25) is 0 Å². The summed E-state index contributed by atoms with van der Waals surface area (Å²) in [6, 6.07) is 0.0148. The molecule has 6 heteroatoms. The lowest BCUT2D eigenvalue weighted by Gasteiger charge is -2.30. The SMILES string of the molecule is O=C(NC[C@H]1CCC[C@@H](CNC(=O)NC[C@H]2C[C@H]3CC[C@H]2C3)C1)NC[C@@H]1C[C@H]2CC[C@H]1C2. The van der Waals surface area contributed by atoms with Gasteiger partial charge >= 0.3 is 12.1 Å². The fraction of sp³-hybridized carbons (Fsp3) is 0.923. The molecule has 0 aliphatic heterocycles. The van der Waals surface area contributed by atoms with Crippen molar-refractivity contribution in [2.24, 2.45) is 47.3 Å². The average Bonchev–Trinajstić information content (AvgIpc) is 3.61. The summed E-state index contributed by atoms with van der Waals surface area (Å²) >= 11 is 0. The van der Waals surface area contributed by atoms with Crippen LogP contribution in [0.15, 0.2) is 0 Å². The second-order valence-corrected chi connectivity index (χ2v) is 12.0. The molecule has 32 heavy (non-hydrogen) atoms. The largest absolute Gasteiger partial charge is 0.338 e. The molecule has 5 rings (SSSR count). The quantitative estimate of drug-likeness (QED) is 0.451. The van der Waals surface area contributed by atoms with Crippen molar-refractivity contribution < 1.29 is 9.59 Å². The lowest BCUT2D eigenvalue weighted by molar-refractivity contribution is 0.217. The van der Waals surface area contributed by atoms with Crippen molar-refractivity contribution in [2.75, 3.05) is 26.2 Å². The van der Waals surface area contributed by atoms with E-state index in [0.717, 1.165) is 56.3 Å². The highest BCUT2D eigenvalue weighted by molar-refractivity contribution is 5.74. The number of nitrogens with one attached hydrogen (secondary N) is 4. The van der Waals surface area contributed by atoms with Gasteiger partial charge in [0.25, 0.3) is 0 Å². The second kappa shape index (κ2) is 10.2. The topological polar surface area (TPSA) is 82.3 Å². The van der Waals surface area contributed by atoms with Crippen molar-refractivity contribution >= 4 is 12.1 Å². The number of carbonyl (C=O) groups excluding carboxylic acids is 2. The van der Waals surface area contributed by atoms with E-state index in [2.05, 4.69) is 21.3 Å². The van der Waals surface area contributed by atoms with Crippen LogP contribution in [0, 0.1) is 47.3 Å². The zero-order valence-electron chi connectivity index (χ0n) is 19.7. The molecule has 5 aliphatic rings. The van der Waals surface area contributed by atoms with Gasteiger partial charge in [0.15, 0.2) is 0 Å². The Morgan fingerprint density at radius 1 is 0.531 bits per heavy atom. The fourth-order valence-electron chi connectivity index (χ4n) is 8.07. The maximum absolute atomic E-state index is 12.3. The summed E-state index contributed by atoms with van der Waals surface area (Å²) in [6.07, 6.45) is 15.6. The fourth-order valence-corrected chi connectivity index (χ4v) is 8.07. The third-order valence-electron chi connectivity index (χ3n) is 9.81. The van der Waals surface area contributed by atoms with Crippen molar-refractivity contribution in [1.82, 2.24) is 21.3 Å². The molecule has 4 amide bonds. The maximum atomic E-state index is 12.3. The molecule has 0 aromatic rings. The van der Waals surface area contributed by atoms with Gasteiger partial charge in [-0.2, -0.15) is 0 Å². The van der Waals surface area contributed by atoms with Crippen molar-refractivity contribution in [3.8, 4) is 0 Å². The van der Waals surface area contributed by atoms with Crippen molar-refractivity contribution in [1.29, 1.82) is 0 Å². The van der Waals surface area contributed by atoms with Crippen LogP contribution in [-0.2, 0) is 0 Å². The van der Waals surface area contributed by atoms with E-state index in [-0.39, 0.29) is 12.1 Å². The van der Waals surface area contributed by atoms with Gasteiger partial charge in [-0.1, -0.05) is 19.3 Å². The highest BCUT2D eigenvalue weighted by atomic mass is 16.2. The molecule has 0 aromatic carbocycles. The molecule has 5 saturated carbocycles. The van der Waals surface area contributed by atoms with E-state index in [1.54, 1.807) is 0 Å². The van der Waals surface area contributed by atoms with Gasteiger partial charge in [-0.15, -0.1) is 0 Å². The molecule has 0 aromatic heterocycles. The standard InChI is InChI=1S/C26H44N4O2/c31-25(29-15-23-11-17-4-6-21(23)9-17)27-13-19-2-1-3-20(8-19)14-28-26(32)30-16-24-12-18-5-7-22(24)10-18/h17-24H,1-16H2,(H2,27,29,31)(H2,28,30,32)/t17-,18-,19-,20+,21-,22-,23-,24+/m0/s1. The van der Waals surface area contributed by atoms with Crippen LogP contribution in [0.1, 0.15) is 77.0 Å². The maximum Gasteiger partial charge on any atom is 0.314 e. The monoisotopic (exact) mass is 444 g/mol. The Hall–Kier alpha value is -1.46. The Bertz CT molecular complexity index is 616. The lowest BCUT2D eigenvalue weighted by Crippen LogP contribution is -2.43. The average molecular weight is 445 g/mol. The van der Waals surface area contributed by atoms with E-state index >= 15 is 0 Å². The molecule has 0 radical (unpaired) electrons. The summed E-state index contributed by atoms with van der Waals surface area (Å²) in [6.45, 7) is 3.22. The molecule has 6 nitrogen and oxygen atoms in total. The van der Waals surface area contributed by atoms with E-state index in [9.17, 15) is 9.59 Å². The Kier molecular flexibility index (Phi) is 7.13. The summed E-state index contributed by atoms with van der Waals surface area (Å²) in [7, 11) is 0. The Labute approximate surface area is 193 Å². The molecule has 0 spiro atoms. The van der Waals surface area contributed by atoms with E-state index in [1.165, 1.54) is 70.6 Å². The molecule has 5 aliphatic carbocycles. The smallest absolute Gasteiger partial charge is 0.314 e. The Balaban J connectivity index is 0.933. The number of hydrogen-bond acceptors (Lipinski definition) is 2. The molecule has 4 bridgehead atoms. The first-order chi connectivity index (χ1) is 15.6. The van der Waals surface area contributed by atoms with E-state index < -0.39 is 0 Å². The van der Waals surface area contributed by atoms with Crippen LogP contribution in [0.4, 0.5) is 9.59 Å². The van der Waals surface area contributed by atoms with Gasteiger partial charge in [-0.3, -0.25) is 0 Å². The van der Waals surface area contributed by atoms with Gasteiger partial charge < -0.3 is 21.3 Å². The molecule has 0 heterocycles. The number of amides is 4. The Morgan fingerprint density at radius 3 is 1.41 bits per heavy atom.